The monoisotopic (exact) mass is 393 g/mol. The zero-order valence-corrected chi connectivity index (χ0v) is 17.9. The summed E-state index contributed by atoms with van der Waals surface area (Å²) >= 11 is 0. The van der Waals surface area contributed by atoms with Gasteiger partial charge in [-0.15, -0.1) is 0 Å². The fourth-order valence-corrected chi connectivity index (χ4v) is 4.31. The van der Waals surface area contributed by atoms with Crippen molar-refractivity contribution in [1.82, 2.24) is 4.90 Å². The van der Waals surface area contributed by atoms with Gasteiger partial charge in [-0.25, -0.2) is 0 Å². The molecule has 1 fully saturated rings. The number of rotatable bonds is 5. The maximum absolute atomic E-state index is 12.2. The first-order valence-corrected chi connectivity index (χ1v) is 10.6. The quantitative estimate of drug-likeness (QED) is 0.682. The van der Waals surface area contributed by atoms with E-state index in [4.69, 9.17) is 9.47 Å². The highest BCUT2D eigenvalue weighted by atomic mass is 16.6. The molecular weight excluding hydrogens is 362 g/mol. The van der Waals surface area contributed by atoms with Crippen LogP contribution in [-0.2, 0) is 22.6 Å². The van der Waals surface area contributed by atoms with Gasteiger partial charge in [-0.2, -0.15) is 0 Å². The highest BCUT2D eigenvalue weighted by molar-refractivity contribution is 5.74. The minimum atomic E-state index is -0.410. The van der Waals surface area contributed by atoms with Crippen molar-refractivity contribution in [2.75, 3.05) is 13.1 Å². The minimum absolute atomic E-state index is 0.00945. The number of ether oxygens (including phenoxy) is 2. The van der Waals surface area contributed by atoms with Gasteiger partial charge in [0, 0.05) is 19.1 Å². The molecule has 1 unspecified atom stereocenters. The Balaban J connectivity index is 1.34. The van der Waals surface area contributed by atoms with Crippen molar-refractivity contribution in [3.8, 4) is 5.75 Å². The predicted molar refractivity (Wildman–Crippen MR) is 114 cm³/mol. The summed E-state index contributed by atoms with van der Waals surface area (Å²) in [6.07, 6.45) is 2.17. The molecule has 1 aliphatic heterocycles. The minimum Gasteiger partial charge on any atom is -0.489 e. The Labute approximate surface area is 173 Å². The van der Waals surface area contributed by atoms with Gasteiger partial charge in [0.1, 0.15) is 18.0 Å². The summed E-state index contributed by atoms with van der Waals surface area (Å²) < 4.78 is 11.6. The number of benzene rings is 2. The molecule has 0 spiro atoms. The third-order valence-corrected chi connectivity index (χ3v) is 5.74. The number of likely N-dealkylation sites (tertiary alicyclic amines) is 1. The summed E-state index contributed by atoms with van der Waals surface area (Å²) in [5.74, 6) is 0.878. The predicted octanol–water partition coefficient (Wildman–Crippen LogP) is 4.83. The highest BCUT2D eigenvalue weighted by Crippen LogP contribution is 2.41. The molecule has 0 amide bonds. The standard InChI is InChI=1S/C25H31NO3/c1-17-6-5-7-18(12-17)16-28-21-9-10-22-19(13-21)8-11-23(22)26-14-20(15-26)24(27)29-25(2,3)4/h5-7,9-10,12-13,20,23H,8,11,14-16H2,1-4H3. The van der Waals surface area contributed by atoms with E-state index in [2.05, 4.69) is 54.3 Å². The fourth-order valence-electron chi connectivity index (χ4n) is 4.31. The number of hydrogen-bond acceptors (Lipinski definition) is 4. The van der Waals surface area contributed by atoms with Crippen LogP contribution in [0.3, 0.4) is 0 Å². The van der Waals surface area contributed by atoms with Crippen LogP contribution >= 0.6 is 0 Å². The first-order valence-electron chi connectivity index (χ1n) is 10.6. The van der Waals surface area contributed by atoms with Crippen LogP contribution in [0.25, 0.3) is 0 Å². The molecule has 4 nitrogen and oxygen atoms in total. The number of carbonyl (C=O) groups excluding carboxylic acids is 1. The van der Waals surface area contributed by atoms with Crippen LogP contribution in [0.4, 0.5) is 0 Å². The molecule has 0 bridgehead atoms. The molecule has 4 heteroatoms. The van der Waals surface area contributed by atoms with E-state index in [1.165, 1.54) is 22.3 Å². The van der Waals surface area contributed by atoms with Gasteiger partial charge in [0.05, 0.1) is 5.92 Å². The smallest absolute Gasteiger partial charge is 0.312 e. The van der Waals surface area contributed by atoms with Crippen molar-refractivity contribution in [3.63, 3.8) is 0 Å². The maximum Gasteiger partial charge on any atom is 0.312 e. The molecule has 2 aromatic carbocycles. The van der Waals surface area contributed by atoms with Crippen LogP contribution in [0, 0.1) is 12.8 Å². The van der Waals surface area contributed by atoms with E-state index in [-0.39, 0.29) is 11.9 Å². The van der Waals surface area contributed by atoms with Gasteiger partial charge in [-0.3, -0.25) is 9.69 Å². The average molecular weight is 394 g/mol. The SMILES string of the molecule is Cc1cccc(COc2ccc3c(c2)CCC3N2CC(C(=O)OC(C)(C)C)C2)c1. The van der Waals surface area contributed by atoms with Gasteiger partial charge in [0.2, 0.25) is 0 Å². The molecule has 29 heavy (non-hydrogen) atoms. The molecule has 2 aliphatic rings. The summed E-state index contributed by atoms with van der Waals surface area (Å²) in [5, 5.41) is 0. The second-order valence-corrected chi connectivity index (χ2v) is 9.38. The van der Waals surface area contributed by atoms with Crippen molar-refractivity contribution < 1.29 is 14.3 Å². The van der Waals surface area contributed by atoms with E-state index >= 15 is 0 Å². The van der Waals surface area contributed by atoms with Crippen LogP contribution in [0.1, 0.15) is 55.5 Å². The lowest BCUT2D eigenvalue weighted by molar-refractivity contribution is -0.167. The number of aryl methyl sites for hydroxylation is 2. The molecule has 0 N–H and O–H groups in total. The third kappa shape index (κ3) is 4.64. The molecule has 1 aliphatic carbocycles. The van der Waals surface area contributed by atoms with Crippen molar-refractivity contribution in [2.24, 2.45) is 5.92 Å². The van der Waals surface area contributed by atoms with Crippen molar-refractivity contribution in [3.05, 3.63) is 64.7 Å². The molecule has 1 heterocycles. The maximum atomic E-state index is 12.2. The summed E-state index contributed by atoms with van der Waals surface area (Å²) in [6, 6.07) is 15.3. The number of nitrogens with zero attached hydrogens (tertiary/aromatic N) is 1. The van der Waals surface area contributed by atoms with E-state index in [0.717, 1.165) is 31.7 Å². The molecule has 1 saturated heterocycles. The van der Waals surface area contributed by atoms with Gasteiger partial charge in [-0.05, 0) is 69.4 Å². The average Bonchev–Trinajstić information content (AvgIpc) is 3.00. The van der Waals surface area contributed by atoms with Crippen LogP contribution in [0.5, 0.6) is 5.75 Å². The van der Waals surface area contributed by atoms with Gasteiger partial charge in [0.15, 0.2) is 0 Å². The Morgan fingerprint density at radius 1 is 1.14 bits per heavy atom. The van der Waals surface area contributed by atoms with Crippen LogP contribution < -0.4 is 4.74 Å². The number of hydrogen-bond donors (Lipinski definition) is 0. The zero-order valence-electron chi connectivity index (χ0n) is 17.9. The van der Waals surface area contributed by atoms with E-state index in [1.54, 1.807) is 0 Å². The largest absolute Gasteiger partial charge is 0.489 e. The third-order valence-electron chi connectivity index (χ3n) is 5.74. The lowest BCUT2D eigenvalue weighted by Crippen LogP contribution is -2.52. The Morgan fingerprint density at radius 3 is 2.66 bits per heavy atom. The Morgan fingerprint density at radius 2 is 1.93 bits per heavy atom. The number of esters is 1. The molecule has 0 radical (unpaired) electrons. The van der Waals surface area contributed by atoms with Gasteiger partial charge in [0.25, 0.3) is 0 Å². The molecule has 2 aromatic rings. The number of fused-ring (bicyclic) bond motifs is 1. The van der Waals surface area contributed by atoms with Crippen molar-refractivity contribution in [2.45, 2.75) is 58.8 Å². The second-order valence-electron chi connectivity index (χ2n) is 9.38. The molecular formula is C25H31NO3. The van der Waals surface area contributed by atoms with Crippen LogP contribution in [0.2, 0.25) is 0 Å². The van der Waals surface area contributed by atoms with Crippen LogP contribution in [0.15, 0.2) is 42.5 Å². The van der Waals surface area contributed by atoms with E-state index in [9.17, 15) is 4.79 Å². The van der Waals surface area contributed by atoms with Crippen molar-refractivity contribution in [1.29, 1.82) is 0 Å². The van der Waals surface area contributed by atoms with Crippen LogP contribution in [-0.4, -0.2) is 29.6 Å². The zero-order chi connectivity index (χ0) is 20.6. The highest BCUT2D eigenvalue weighted by Gasteiger charge is 2.41. The summed E-state index contributed by atoms with van der Waals surface area (Å²) in [4.78, 5) is 14.6. The summed E-state index contributed by atoms with van der Waals surface area (Å²) in [6.45, 7) is 10.1. The van der Waals surface area contributed by atoms with Gasteiger partial charge in [-0.1, -0.05) is 35.9 Å². The Kier molecular flexibility index (Phi) is 5.39. The Bertz CT molecular complexity index is 893. The van der Waals surface area contributed by atoms with Crippen molar-refractivity contribution >= 4 is 5.97 Å². The molecule has 0 aromatic heterocycles. The topological polar surface area (TPSA) is 38.8 Å². The first-order chi connectivity index (χ1) is 13.8. The van der Waals surface area contributed by atoms with E-state index in [0.29, 0.717) is 12.6 Å². The van der Waals surface area contributed by atoms with E-state index in [1.807, 2.05) is 20.8 Å². The molecule has 0 saturated carbocycles. The van der Waals surface area contributed by atoms with Gasteiger partial charge >= 0.3 is 5.97 Å². The first kappa shape index (κ1) is 20.0. The van der Waals surface area contributed by atoms with E-state index < -0.39 is 5.60 Å². The number of carbonyl (C=O) groups is 1. The summed E-state index contributed by atoms with van der Waals surface area (Å²) in [5.41, 5.74) is 4.79. The molecule has 4 rings (SSSR count). The van der Waals surface area contributed by atoms with Gasteiger partial charge < -0.3 is 9.47 Å². The molecule has 154 valence electrons. The summed E-state index contributed by atoms with van der Waals surface area (Å²) in [7, 11) is 0. The normalized spacial score (nSPS) is 19.5. The molecule has 1 atom stereocenters. The fraction of sp³-hybridized carbons (Fsp3) is 0.480. The Hall–Kier alpha value is -2.33. The lowest BCUT2D eigenvalue weighted by atomic mass is 9.95. The lowest BCUT2D eigenvalue weighted by Gasteiger charge is -2.42. The second kappa shape index (κ2) is 7.83.